The largest absolute Gasteiger partial charge is 0.416 e. The summed E-state index contributed by atoms with van der Waals surface area (Å²) in [6, 6.07) is 9.28. The van der Waals surface area contributed by atoms with Crippen LogP contribution in [0.4, 0.5) is 28.9 Å². The van der Waals surface area contributed by atoms with Crippen LogP contribution < -0.4 is 10.2 Å². The van der Waals surface area contributed by atoms with Crippen molar-refractivity contribution in [2.45, 2.75) is 11.1 Å². The molecule has 1 fully saturated rings. The number of amides is 1. The molecule has 1 amide bonds. The van der Waals surface area contributed by atoms with Crippen LogP contribution in [0.1, 0.15) is 5.56 Å². The maximum absolute atomic E-state index is 13.7. The third-order valence-corrected chi connectivity index (χ3v) is 5.19. The summed E-state index contributed by atoms with van der Waals surface area (Å²) in [7, 11) is 0. The standard InChI is InChI=1S/C19H18F4N2O2S/c20-14-3-1-2-4-17(14)28-12-18(26)24-15-11-13(19(21,22)23)5-6-16(15)25-7-9-27-10-8-25/h1-6,11H,7-10,12H2,(H,24,26). The molecule has 1 N–H and O–H groups in total. The Bertz CT molecular complexity index is 839. The predicted molar refractivity (Wildman–Crippen MR) is 100 cm³/mol. The Morgan fingerprint density at radius 3 is 2.54 bits per heavy atom. The minimum atomic E-state index is -4.52. The SMILES string of the molecule is O=C(CSc1ccccc1F)Nc1cc(C(F)(F)F)ccc1N1CCOCC1. The van der Waals surface area contributed by atoms with Crippen LogP contribution in [-0.2, 0) is 15.7 Å². The second kappa shape index (κ2) is 8.83. The molecule has 0 radical (unpaired) electrons. The van der Waals surface area contributed by atoms with E-state index in [0.29, 0.717) is 36.9 Å². The first-order valence-electron chi connectivity index (χ1n) is 8.56. The molecule has 2 aromatic rings. The molecule has 2 aromatic carbocycles. The van der Waals surface area contributed by atoms with Crippen molar-refractivity contribution in [2.24, 2.45) is 0 Å². The Hall–Kier alpha value is -2.26. The molecule has 1 aliphatic rings. The highest BCUT2D eigenvalue weighted by atomic mass is 32.2. The molecule has 1 heterocycles. The summed E-state index contributed by atoms with van der Waals surface area (Å²) in [4.78, 5) is 14.5. The minimum Gasteiger partial charge on any atom is -0.378 e. The molecule has 0 aromatic heterocycles. The van der Waals surface area contributed by atoms with Gasteiger partial charge >= 0.3 is 6.18 Å². The summed E-state index contributed by atoms with van der Waals surface area (Å²) < 4.78 is 58.2. The Kier molecular flexibility index (Phi) is 6.46. The Labute approximate surface area is 163 Å². The average Bonchev–Trinajstić information content (AvgIpc) is 2.67. The van der Waals surface area contributed by atoms with Gasteiger partial charge in [0.25, 0.3) is 0 Å². The molecular weight excluding hydrogens is 396 g/mol. The first-order chi connectivity index (χ1) is 13.3. The summed E-state index contributed by atoms with van der Waals surface area (Å²) >= 11 is 0.983. The van der Waals surface area contributed by atoms with Crippen LogP contribution in [0.3, 0.4) is 0 Å². The molecule has 0 unspecified atom stereocenters. The average molecular weight is 414 g/mol. The topological polar surface area (TPSA) is 41.6 Å². The Morgan fingerprint density at radius 2 is 1.86 bits per heavy atom. The van der Waals surface area contributed by atoms with Gasteiger partial charge in [0.15, 0.2) is 0 Å². The number of nitrogens with one attached hydrogen (secondary N) is 1. The molecule has 1 saturated heterocycles. The number of alkyl halides is 3. The number of morpholine rings is 1. The normalized spacial score (nSPS) is 14.8. The number of rotatable bonds is 5. The smallest absolute Gasteiger partial charge is 0.378 e. The summed E-state index contributed by atoms with van der Waals surface area (Å²) in [6.07, 6.45) is -4.52. The van der Waals surface area contributed by atoms with Crippen LogP contribution >= 0.6 is 11.8 Å². The first kappa shape index (κ1) is 20.5. The summed E-state index contributed by atoms with van der Waals surface area (Å²) in [6.45, 7) is 1.94. The number of halogens is 4. The second-order valence-electron chi connectivity index (χ2n) is 6.10. The molecule has 0 aliphatic carbocycles. The summed E-state index contributed by atoms with van der Waals surface area (Å²) in [5, 5.41) is 2.55. The van der Waals surface area contributed by atoms with Gasteiger partial charge in [-0.05, 0) is 30.3 Å². The van der Waals surface area contributed by atoms with E-state index < -0.39 is 23.5 Å². The number of carbonyl (C=O) groups excluding carboxylic acids is 1. The zero-order valence-corrected chi connectivity index (χ0v) is 15.6. The lowest BCUT2D eigenvalue weighted by Gasteiger charge is -2.31. The highest BCUT2D eigenvalue weighted by Gasteiger charge is 2.32. The predicted octanol–water partition coefficient (Wildman–Crippen LogP) is 4.41. The van der Waals surface area contributed by atoms with Crippen molar-refractivity contribution in [2.75, 3.05) is 42.3 Å². The van der Waals surface area contributed by atoms with Gasteiger partial charge in [0.05, 0.1) is 35.9 Å². The van der Waals surface area contributed by atoms with Crippen molar-refractivity contribution >= 4 is 29.0 Å². The van der Waals surface area contributed by atoms with Gasteiger partial charge < -0.3 is 15.0 Å². The number of hydrogen-bond acceptors (Lipinski definition) is 4. The third kappa shape index (κ3) is 5.17. The molecule has 28 heavy (non-hydrogen) atoms. The van der Waals surface area contributed by atoms with Gasteiger partial charge in [-0.1, -0.05) is 12.1 Å². The van der Waals surface area contributed by atoms with Crippen molar-refractivity contribution in [1.29, 1.82) is 0 Å². The van der Waals surface area contributed by atoms with Crippen LogP contribution in [0.2, 0.25) is 0 Å². The maximum Gasteiger partial charge on any atom is 0.416 e. The lowest BCUT2D eigenvalue weighted by Crippen LogP contribution is -2.37. The minimum absolute atomic E-state index is 0.0795. The molecule has 0 bridgehead atoms. The number of carbonyl (C=O) groups is 1. The van der Waals surface area contributed by atoms with E-state index in [2.05, 4.69) is 5.32 Å². The van der Waals surface area contributed by atoms with Crippen LogP contribution in [-0.4, -0.2) is 38.0 Å². The summed E-state index contributed by atoms with van der Waals surface area (Å²) in [5.41, 5.74) is -0.266. The molecule has 150 valence electrons. The fourth-order valence-corrected chi connectivity index (χ4v) is 3.52. The van der Waals surface area contributed by atoms with E-state index in [4.69, 9.17) is 4.74 Å². The highest BCUT2D eigenvalue weighted by Crippen LogP contribution is 2.36. The Morgan fingerprint density at radius 1 is 1.14 bits per heavy atom. The second-order valence-corrected chi connectivity index (χ2v) is 7.11. The zero-order valence-electron chi connectivity index (χ0n) is 14.8. The first-order valence-corrected chi connectivity index (χ1v) is 9.54. The highest BCUT2D eigenvalue weighted by molar-refractivity contribution is 8.00. The zero-order chi connectivity index (χ0) is 20.1. The number of ether oxygens (including phenoxy) is 1. The monoisotopic (exact) mass is 414 g/mol. The number of anilines is 2. The van der Waals surface area contributed by atoms with E-state index in [1.807, 2.05) is 4.90 Å². The molecule has 0 atom stereocenters. The van der Waals surface area contributed by atoms with Gasteiger partial charge in [0.1, 0.15) is 5.82 Å². The molecule has 4 nitrogen and oxygen atoms in total. The van der Waals surface area contributed by atoms with Gasteiger partial charge in [-0.15, -0.1) is 11.8 Å². The van der Waals surface area contributed by atoms with E-state index >= 15 is 0 Å². The van der Waals surface area contributed by atoms with Crippen LogP contribution in [0, 0.1) is 5.82 Å². The van der Waals surface area contributed by atoms with E-state index in [1.165, 1.54) is 24.3 Å². The lowest BCUT2D eigenvalue weighted by atomic mass is 10.1. The van der Waals surface area contributed by atoms with Crippen LogP contribution in [0.15, 0.2) is 47.4 Å². The number of hydrogen-bond donors (Lipinski definition) is 1. The van der Waals surface area contributed by atoms with Gasteiger partial charge in [-0.3, -0.25) is 4.79 Å². The van der Waals surface area contributed by atoms with E-state index in [1.54, 1.807) is 6.07 Å². The van der Waals surface area contributed by atoms with E-state index in [-0.39, 0.29) is 11.4 Å². The number of nitrogens with zero attached hydrogens (tertiary/aromatic N) is 1. The van der Waals surface area contributed by atoms with Gasteiger partial charge in [-0.2, -0.15) is 13.2 Å². The van der Waals surface area contributed by atoms with Crippen molar-refractivity contribution in [3.63, 3.8) is 0 Å². The van der Waals surface area contributed by atoms with Crippen LogP contribution in [0.5, 0.6) is 0 Å². The molecule has 0 saturated carbocycles. The van der Waals surface area contributed by atoms with Gasteiger partial charge in [0, 0.05) is 18.0 Å². The van der Waals surface area contributed by atoms with Gasteiger partial charge in [-0.25, -0.2) is 4.39 Å². The van der Waals surface area contributed by atoms with E-state index in [0.717, 1.165) is 23.9 Å². The maximum atomic E-state index is 13.7. The van der Waals surface area contributed by atoms with Crippen molar-refractivity contribution < 1.29 is 27.1 Å². The van der Waals surface area contributed by atoms with Crippen molar-refractivity contribution in [3.05, 3.63) is 53.8 Å². The van der Waals surface area contributed by atoms with Crippen LogP contribution in [0.25, 0.3) is 0 Å². The number of benzene rings is 2. The van der Waals surface area contributed by atoms with Crippen molar-refractivity contribution in [3.8, 4) is 0 Å². The lowest BCUT2D eigenvalue weighted by molar-refractivity contribution is -0.137. The number of thioether (sulfide) groups is 1. The molecule has 1 aliphatic heterocycles. The quantitative estimate of drug-likeness (QED) is 0.581. The molecule has 3 rings (SSSR count). The van der Waals surface area contributed by atoms with Crippen molar-refractivity contribution in [1.82, 2.24) is 0 Å². The Balaban J connectivity index is 1.77. The van der Waals surface area contributed by atoms with E-state index in [9.17, 15) is 22.4 Å². The summed E-state index contributed by atoms with van der Waals surface area (Å²) in [5.74, 6) is -1.09. The molecular formula is C19H18F4N2O2S. The fourth-order valence-electron chi connectivity index (χ4n) is 2.78. The van der Waals surface area contributed by atoms with Gasteiger partial charge in [0.2, 0.25) is 5.91 Å². The third-order valence-electron chi connectivity index (χ3n) is 4.15. The molecule has 0 spiro atoms. The fraction of sp³-hybridized carbons (Fsp3) is 0.316. The molecule has 9 heteroatoms.